The molecule has 0 aliphatic carbocycles. The van der Waals surface area contributed by atoms with Gasteiger partial charge in [-0.2, -0.15) is 4.31 Å². The molecule has 1 aromatic carbocycles. The number of hydrogen-bond acceptors (Lipinski definition) is 5. The zero-order valence-corrected chi connectivity index (χ0v) is 13.9. The molecule has 1 fully saturated rings. The molecule has 7 nitrogen and oxygen atoms in total. The Morgan fingerprint density at radius 3 is 2.65 bits per heavy atom. The lowest BCUT2D eigenvalue weighted by atomic mass is 10.3. The van der Waals surface area contributed by atoms with Crippen LogP contribution < -0.4 is 10.1 Å². The highest BCUT2D eigenvalue weighted by molar-refractivity contribution is 7.89. The lowest BCUT2D eigenvalue weighted by molar-refractivity contribution is -0.116. The number of benzene rings is 1. The van der Waals surface area contributed by atoms with E-state index in [1.165, 1.54) is 16.4 Å². The lowest BCUT2D eigenvalue weighted by Gasteiger charge is -2.33. The van der Waals surface area contributed by atoms with Gasteiger partial charge < -0.3 is 15.0 Å². The number of piperazine rings is 1. The summed E-state index contributed by atoms with van der Waals surface area (Å²) < 4.78 is 32.5. The molecule has 0 saturated carbocycles. The number of hydrogen-bond donors (Lipinski definition) is 1. The van der Waals surface area contributed by atoms with Crippen molar-refractivity contribution in [3.05, 3.63) is 18.2 Å². The molecule has 0 bridgehead atoms. The number of nitrogens with one attached hydrogen (secondary N) is 1. The van der Waals surface area contributed by atoms with Crippen molar-refractivity contribution in [2.45, 2.75) is 18.2 Å². The molecule has 3 rings (SSSR count). The molecular formula is C15H21N3O4S. The first-order valence-corrected chi connectivity index (χ1v) is 9.24. The predicted octanol–water partition coefficient (Wildman–Crippen LogP) is 0.734. The zero-order valence-electron chi connectivity index (χ0n) is 13.1. The molecule has 126 valence electrons. The average Bonchev–Trinajstić information content (AvgIpc) is 2.74. The van der Waals surface area contributed by atoms with Gasteiger partial charge in [-0.1, -0.05) is 6.92 Å². The first-order chi connectivity index (χ1) is 11.0. The molecule has 0 radical (unpaired) electrons. The molecule has 0 atom stereocenters. The highest BCUT2D eigenvalue weighted by Gasteiger charge is 2.29. The number of amides is 1. The predicted molar refractivity (Wildman–Crippen MR) is 86.1 cm³/mol. The van der Waals surface area contributed by atoms with Crippen LogP contribution in [0, 0.1) is 0 Å². The molecule has 1 amide bonds. The van der Waals surface area contributed by atoms with Crippen LogP contribution >= 0.6 is 0 Å². The summed E-state index contributed by atoms with van der Waals surface area (Å²) in [5.41, 5.74) is 0.417. The lowest BCUT2D eigenvalue weighted by Crippen LogP contribution is -2.48. The second-order valence-electron chi connectivity index (χ2n) is 5.64. The number of rotatable bonds is 3. The average molecular weight is 339 g/mol. The van der Waals surface area contributed by atoms with E-state index in [0.29, 0.717) is 31.1 Å². The molecule has 1 N–H and O–H groups in total. The summed E-state index contributed by atoms with van der Waals surface area (Å²) in [6, 6.07) is 4.63. The number of anilines is 1. The molecule has 2 aliphatic heterocycles. The van der Waals surface area contributed by atoms with E-state index in [2.05, 4.69) is 17.1 Å². The highest BCUT2D eigenvalue weighted by atomic mass is 32.2. The molecule has 2 aliphatic rings. The van der Waals surface area contributed by atoms with Gasteiger partial charge in [0, 0.05) is 26.2 Å². The van der Waals surface area contributed by atoms with Crippen molar-refractivity contribution in [2.75, 3.05) is 44.6 Å². The van der Waals surface area contributed by atoms with Gasteiger partial charge in [0.25, 0.3) is 0 Å². The Kier molecular flexibility index (Phi) is 4.56. The van der Waals surface area contributed by atoms with Gasteiger partial charge in [-0.25, -0.2) is 8.42 Å². The maximum absolute atomic E-state index is 12.8. The Labute approximate surface area is 136 Å². The number of ether oxygens (including phenoxy) is 1. The summed E-state index contributed by atoms with van der Waals surface area (Å²) >= 11 is 0. The minimum absolute atomic E-state index is 0.171. The Morgan fingerprint density at radius 1 is 1.22 bits per heavy atom. The third-order valence-electron chi connectivity index (χ3n) is 4.23. The van der Waals surface area contributed by atoms with Crippen molar-refractivity contribution >= 4 is 21.6 Å². The molecule has 23 heavy (non-hydrogen) atoms. The van der Waals surface area contributed by atoms with Gasteiger partial charge in [-0.3, -0.25) is 4.79 Å². The fourth-order valence-electron chi connectivity index (χ4n) is 2.79. The van der Waals surface area contributed by atoms with Crippen molar-refractivity contribution < 1.29 is 17.9 Å². The van der Waals surface area contributed by atoms with Crippen LogP contribution in [0.15, 0.2) is 23.1 Å². The number of sulfonamides is 1. The van der Waals surface area contributed by atoms with Gasteiger partial charge in [0.1, 0.15) is 5.75 Å². The number of nitrogens with zero attached hydrogens (tertiary/aromatic N) is 2. The Morgan fingerprint density at radius 2 is 1.96 bits per heavy atom. The third kappa shape index (κ3) is 3.34. The largest absolute Gasteiger partial charge is 0.491 e. The summed E-state index contributed by atoms with van der Waals surface area (Å²) in [6.45, 7) is 5.73. The molecule has 1 aromatic rings. The maximum atomic E-state index is 12.8. The van der Waals surface area contributed by atoms with E-state index in [-0.39, 0.29) is 17.2 Å². The van der Waals surface area contributed by atoms with Crippen LogP contribution in [0.1, 0.15) is 13.3 Å². The quantitative estimate of drug-likeness (QED) is 0.878. The first kappa shape index (κ1) is 16.2. The van der Waals surface area contributed by atoms with Gasteiger partial charge >= 0.3 is 0 Å². The molecule has 1 saturated heterocycles. The van der Waals surface area contributed by atoms with Crippen molar-refractivity contribution in [3.8, 4) is 5.75 Å². The van der Waals surface area contributed by atoms with Crippen LogP contribution in [0.3, 0.4) is 0 Å². The summed E-state index contributed by atoms with van der Waals surface area (Å²) in [5.74, 6) is 0.334. The summed E-state index contributed by atoms with van der Waals surface area (Å²) in [4.78, 5) is 14.0. The van der Waals surface area contributed by atoms with Crippen molar-refractivity contribution in [3.63, 3.8) is 0 Å². The standard InChI is InChI=1S/C15H21N3O4S/c1-2-17-6-8-18(9-7-17)23(20,21)12-3-4-14-13(11-12)16-15(19)5-10-22-14/h3-4,11H,2,5-10H2,1H3,(H,16,19). The van der Waals surface area contributed by atoms with E-state index in [1.54, 1.807) is 6.07 Å². The summed E-state index contributed by atoms with van der Waals surface area (Å²) in [6.07, 6.45) is 0.260. The van der Waals surface area contributed by atoms with E-state index in [4.69, 9.17) is 4.74 Å². The SMILES string of the molecule is CCN1CCN(S(=O)(=O)c2ccc3c(c2)NC(=O)CCO3)CC1. The number of carbonyl (C=O) groups is 1. The van der Waals surface area contributed by atoms with Gasteiger partial charge in [-0.05, 0) is 24.7 Å². The number of carbonyl (C=O) groups excluding carboxylic acids is 1. The van der Waals surface area contributed by atoms with E-state index < -0.39 is 10.0 Å². The summed E-state index contributed by atoms with van der Waals surface area (Å²) in [7, 11) is -3.56. The minimum Gasteiger partial charge on any atom is -0.491 e. The maximum Gasteiger partial charge on any atom is 0.243 e. The van der Waals surface area contributed by atoms with Crippen molar-refractivity contribution in [2.24, 2.45) is 0 Å². The normalized spacial score (nSPS) is 20.3. The third-order valence-corrected chi connectivity index (χ3v) is 6.12. The molecule has 0 spiro atoms. The van der Waals surface area contributed by atoms with Gasteiger partial charge in [0.2, 0.25) is 15.9 Å². The fourth-order valence-corrected chi connectivity index (χ4v) is 4.24. The minimum atomic E-state index is -3.56. The van der Waals surface area contributed by atoms with E-state index >= 15 is 0 Å². The topological polar surface area (TPSA) is 79.0 Å². The van der Waals surface area contributed by atoms with Gasteiger partial charge in [0.05, 0.1) is 23.6 Å². The Hall–Kier alpha value is -1.64. The van der Waals surface area contributed by atoms with Crippen LogP contribution in [-0.4, -0.2) is 62.9 Å². The van der Waals surface area contributed by atoms with Crippen LogP contribution in [-0.2, 0) is 14.8 Å². The smallest absolute Gasteiger partial charge is 0.243 e. The van der Waals surface area contributed by atoms with Crippen LogP contribution in [0.2, 0.25) is 0 Å². The van der Waals surface area contributed by atoms with Crippen LogP contribution in [0.25, 0.3) is 0 Å². The molecule has 8 heteroatoms. The Balaban J connectivity index is 1.85. The second kappa shape index (κ2) is 6.46. The van der Waals surface area contributed by atoms with Crippen LogP contribution in [0.5, 0.6) is 5.75 Å². The molecular weight excluding hydrogens is 318 g/mol. The van der Waals surface area contributed by atoms with Crippen molar-refractivity contribution in [1.82, 2.24) is 9.21 Å². The first-order valence-electron chi connectivity index (χ1n) is 7.80. The molecule has 0 aromatic heterocycles. The van der Waals surface area contributed by atoms with Gasteiger partial charge in [0.15, 0.2) is 0 Å². The Bertz CT molecular complexity index is 697. The molecule has 2 heterocycles. The summed E-state index contributed by atoms with van der Waals surface area (Å²) in [5, 5.41) is 2.70. The van der Waals surface area contributed by atoms with Gasteiger partial charge in [-0.15, -0.1) is 0 Å². The van der Waals surface area contributed by atoms with Crippen molar-refractivity contribution in [1.29, 1.82) is 0 Å². The van der Waals surface area contributed by atoms with E-state index in [9.17, 15) is 13.2 Å². The zero-order chi connectivity index (χ0) is 16.4. The highest BCUT2D eigenvalue weighted by Crippen LogP contribution is 2.31. The number of fused-ring (bicyclic) bond motifs is 1. The fraction of sp³-hybridized carbons (Fsp3) is 0.533. The van der Waals surface area contributed by atoms with Crippen LogP contribution in [0.4, 0.5) is 5.69 Å². The number of likely N-dealkylation sites (N-methyl/N-ethyl adjacent to an activating group) is 1. The van der Waals surface area contributed by atoms with E-state index in [1.807, 2.05) is 0 Å². The second-order valence-corrected chi connectivity index (χ2v) is 7.58. The van der Waals surface area contributed by atoms with E-state index in [0.717, 1.165) is 19.6 Å². The molecule has 0 unspecified atom stereocenters. The monoisotopic (exact) mass is 339 g/mol.